The van der Waals surface area contributed by atoms with Crippen LogP contribution in [0.4, 0.5) is 9.59 Å². The van der Waals surface area contributed by atoms with Crippen molar-refractivity contribution in [1.29, 1.82) is 0 Å². The van der Waals surface area contributed by atoms with E-state index in [1.807, 2.05) is 10.6 Å². The van der Waals surface area contributed by atoms with E-state index < -0.39 is 17.2 Å². The van der Waals surface area contributed by atoms with Crippen LogP contribution in [0, 0.1) is 0 Å². The van der Waals surface area contributed by atoms with Crippen molar-refractivity contribution >= 4 is 40.5 Å². The fraction of sp³-hybridized carbons (Fsp3) is 0.400. The molecular formula is C5H7ClN2O3S. The minimum Gasteiger partial charge on any atom is -0.277 e. The number of carbonyl (C=O) groups excluding carboxylic acids is 3. The molecule has 68 valence electrons. The second-order valence-corrected chi connectivity index (χ2v) is 2.67. The van der Waals surface area contributed by atoms with E-state index in [1.165, 1.54) is 6.26 Å². The van der Waals surface area contributed by atoms with Crippen molar-refractivity contribution < 1.29 is 14.4 Å². The number of hydrogen-bond donors (Lipinski definition) is 2. The number of nitrogens with one attached hydrogen (secondary N) is 2. The fourth-order valence-corrected chi connectivity index (χ4v) is 0.597. The third-order valence-corrected chi connectivity index (χ3v) is 1.49. The highest BCUT2D eigenvalue weighted by Gasteiger charge is 2.08. The summed E-state index contributed by atoms with van der Waals surface area (Å²) >= 11 is 5.92. The first kappa shape index (κ1) is 11.2. The van der Waals surface area contributed by atoms with Crippen molar-refractivity contribution in [2.75, 3.05) is 12.1 Å². The normalized spacial score (nSPS) is 8.83. The zero-order valence-electron chi connectivity index (χ0n) is 6.22. The van der Waals surface area contributed by atoms with Crippen LogP contribution in [-0.2, 0) is 4.79 Å². The molecule has 0 atom stereocenters. The highest BCUT2D eigenvalue weighted by atomic mass is 35.5. The standard InChI is InChI=1S/C5H7ClN2O3S/c1-12-5(11)8-4(10)7-3(9)2-6/h2H2,1H3,(H2,7,8,9,10,11). The average Bonchev–Trinajstić information content (AvgIpc) is 2.03. The SMILES string of the molecule is CSC(=O)NC(=O)NC(=O)CCl. The number of carbonyl (C=O) groups is 3. The van der Waals surface area contributed by atoms with Crippen LogP contribution < -0.4 is 10.6 Å². The molecule has 0 heterocycles. The van der Waals surface area contributed by atoms with Crippen LogP contribution in [0.15, 0.2) is 0 Å². The van der Waals surface area contributed by atoms with Crippen molar-refractivity contribution in [2.24, 2.45) is 0 Å². The van der Waals surface area contributed by atoms with E-state index >= 15 is 0 Å². The van der Waals surface area contributed by atoms with Crippen LogP contribution in [0.5, 0.6) is 0 Å². The van der Waals surface area contributed by atoms with Gasteiger partial charge in [0.05, 0.1) is 0 Å². The molecule has 0 aromatic carbocycles. The minimum absolute atomic E-state index is 0.319. The van der Waals surface area contributed by atoms with Gasteiger partial charge in [0.25, 0.3) is 5.24 Å². The van der Waals surface area contributed by atoms with E-state index in [4.69, 9.17) is 11.6 Å². The number of thioether (sulfide) groups is 1. The molecule has 0 rings (SSSR count). The van der Waals surface area contributed by atoms with E-state index in [2.05, 4.69) is 0 Å². The molecule has 0 spiro atoms. The van der Waals surface area contributed by atoms with Crippen LogP contribution in [0.2, 0.25) is 0 Å². The molecule has 12 heavy (non-hydrogen) atoms. The van der Waals surface area contributed by atoms with Crippen molar-refractivity contribution in [3.8, 4) is 0 Å². The van der Waals surface area contributed by atoms with Crippen LogP contribution in [-0.4, -0.2) is 29.3 Å². The van der Waals surface area contributed by atoms with E-state index in [0.29, 0.717) is 0 Å². The minimum atomic E-state index is -0.861. The lowest BCUT2D eigenvalue weighted by atomic mass is 10.7. The third-order valence-electron chi connectivity index (χ3n) is 0.775. The molecule has 0 saturated carbocycles. The molecule has 4 amide bonds. The maximum absolute atomic E-state index is 10.6. The van der Waals surface area contributed by atoms with Crippen LogP contribution in [0.1, 0.15) is 0 Å². The van der Waals surface area contributed by atoms with E-state index in [0.717, 1.165) is 11.8 Å². The molecule has 0 aliphatic carbocycles. The Bertz CT molecular complexity index is 189. The molecule has 2 N–H and O–H groups in total. The summed E-state index contributed by atoms with van der Waals surface area (Å²) in [5.74, 6) is -0.969. The number of hydrogen-bond acceptors (Lipinski definition) is 4. The summed E-state index contributed by atoms with van der Waals surface area (Å²) in [6.07, 6.45) is 1.51. The molecule has 0 aliphatic rings. The predicted octanol–water partition coefficient (Wildman–Crippen LogP) is 0.534. The zero-order valence-corrected chi connectivity index (χ0v) is 7.79. The van der Waals surface area contributed by atoms with Gasteiger partial charge in [-0.1, -0.05) is 11.8 Å². The summed E-state index contributed by atoms with van der Waals surface area (Å²) in [4.78, 5) is 31.7. The zero-order chi connectivity index (χ0) is 9.56. The largest absolute Gasteiger partial charge is 0.328 e. The van der Waals surface area contributed by atoms with Gasteiger partial charge >= 0.3 is 6.03 Å². The number of rotatable bonds is 1. The molecule has 7 heteroatoms. The fourth-order valence-electron chi connectivity index (χ4n) is 0.335. The highest BCUT2D eigenvalue weighted by Crippen LogP contribution is 1.91. The molecule has 0 aliphatic heterocycles. The van der Waals surface area contributed by atoms with Crippen LogP contribution in [0.25, 0.3) is 0 Å². The van der Waals surface area contributed by atoms with Crippen molar-refractivity contribution in [2.45, 2.75) is 0 Å². The molecule has 0 aromatic heterocycles. The summed E-state index contributed by atoms with van der Waals surface area (Å²) in [5, 5.41) is 3.20. The van der Waals surface area contributed by atoms with Gasteiger partial charge < -0.3 is 0 Å². The molecule has 0 fully saturated rings. The Morgan fingerprint density at radius 2 is 1.92 bits per heavy atom. The van der Waals surface area contributed by atoms with Gasteiger partial charge in [-0.15, -0.1) is 11.6 Å². The first-order valence-electron chi connectivity index (χ1n) is 2.85. The molecule has 0 radical (unpaired) electrons. The topological polar surface area (TPSA) is 75.3 Å². The van der Waals surface area contributed by atoms with Gasteiger partial charge in [0.2, 0.25) is 5.91 Å². The summed E-state index contributed by atoms with van der Waals surface area (Å²) in [6, 6.07) is -0.861. The summed E-state index contributed by atoms with van der Waals surface area (Å²) in [7, 11) is 0. The number of amides is 4. The van der Waals surface area contributed by atoms with Gasteiger partial charge in [-0.3, -0.25) is 20.2 Å². The van der Waals surface area contributed by atoms with Gasteiger partial charge in [-0.2, -0.15) is 0 Å². The van der Waals surface area contributed by atoms with Crippen molar-refractivity contribution in [3.63, 3.8) is 0 Å². The lowest BCUT2D eigenvalue weighted by Gasteiger charge is -2.01. The Labute approximate surface area is 78.2 Å². The molecule has 0 unspecified atom stereocenters. The molecule has 5 nitrogen and oxygen atoms in total. The van der Waals surface area contributed by atoms with Gasteiger partial charge in [0, 0.05) is 0 Å². The van der Waals surface area contributed by atoms with Gasteiger partial charge in [0.15, 0.2) is 0 Å². The van der Waals surface area contributed by atoms with Crippen molar-refractivity contribution in [3.05, 3.63) is 0 Å². The van der Waals surface area contributed by atoms with E-state index in [9.17, 15) is 14.4 Å². The summed E-state index contributed by atoms with van der Waals surface area (Å²) in [6.45, 7) is 0. The first-order valence-corrected chi connectivity index (χ1v) is 4.60. The van der Waals surface area contributed by atoms with E-state index in [-0.39, 0.29) is 5.88 Å². The number of halogens is 1. The number of imide groups is 2. The average molecular weight is 211 g/mol. The highest BCUT2D eigenvalue weighted by molar-refractivity contribution is 8.13. The summed E-state index contributed by atoms with van der Waals surface area (Å²) in [5.41, 5.74) is 0. The Hall–Kier alpha value is -0.750. The second-order valence-electron chi connectivity index (χ2n) is 1.63. The van der Waals surface area contributed by atoms with Gasteiger partial charge in [-0.25, -0.2) is 4.79 Å². The lowest BCUT2D eigenvalue weighted by Crippen LogP contribution is -2.41. The number of alkyl halides is 1. The third kappa shape index (κ3) is 4.97. The Kier molecular flexibility index (Phi) is 5.48. The molecule has 0 saturated heterocycles. The maximum Gasteiger partial charge on any atom is 0.328 e. The monoisotopic (exact) mass is 210 g/mol. The molecule has 0 bridgehead atoms. The van der Waals surface area contributed by atoms with Gasteiger partial charge in [0.1, 0.15) is 5.88 Å². The van der Waals surface area contributed by atoms with Crippen molar-refractivity contribution in [1.82, 2.24) is 10.6 Å². The Morgan fingerprint density at radius 3 is 2.33 bits per heavy atom. The van der Waals surface area contributed by atoms with E-state index in [1.54, 1.807) is 0 Å². The predicted molar refractivity (Wildman–Crippen MR) is 46.3 cm³/mol. The first-order chi connectivity index (χ1) is 5.60. The Morgan fingerprint density at radius 1 is 1.33 bits per heavy atom. The summed E-state index contributed by atoms with van der Waals surface area (Å²) < 4.78 is 0. The number of urea groups is 1. The molecular weight excluding hydrogens is 204 g/mol. The smallest absolute Gasteiger partial charge is 0.277 e. The quantitative estimate of drug-likeness (QED) is 0.620. The Balaban J connectivity index is 3.74. The lowest BCUT2D eigenvalue weighted by molar-refractivity contribution is -0.117. The van der Waals surface area contributed by atoms with Gasteiger partial charge in [-0.05, 0) is 6.26 Å². The second kappa shape index (κ2) is 5.84. The van der Waals surface area contributed by atoms with Crippen LogP contribution in [0.3, 0.4) is 0 Å². The maximum atomic E-state index is 10.6. The van der Waals surface area contributed by atoms with Crippen LogP contribution >= 0.6 is 23.4 Å². The molecule has 0 aromatic rings.